The molecule has 0 unspecified atom stereocenters. The summed E-state index contributed by atoms with van der Waals surface area (Å²) in [5, 5.41) is 4.27. The number of para-hydroxylation sites is 1. The Morgan fingerprint density at radius 1 is 0.929 bits per heavy atom. The van der Waals surface area contributed by atoms with Crippen LogP contribution in [0.25, 0.3) is 0 Å². The van der Waals surface area contributed by atoms with Crippen molar-refractivity contribution in [1.82, 2.24) is 0 Å². The number of benzene rings is 3. The van der Waals surface area contributed by atoms with E-state index in [9.17, 15) is 4.79 Å². The molecule has 2 heterocycles. The highest BCUT2D eigenvalue weighted by Gasteiger charge is 2.35. The van der Waals surface area contributed by atoms with E-state index in [0.717, 1.165) is 11.3 Å². The number of carbonyl (C=O) groups is 1. The predicted molar refractivity (Wildman–Crippen MR) is 109 cm³/mol. The number of carbonyl (C=O) groups excluding carboxylic acids is 1. The van der Waals surface area contributed by atoms with E-state index in [1.807, 2.05) is 36.4 Å². The second kappa shape index (κ2) is 6.62. The van der Waals surface area contributed by atoms with Gasteiger partial charge in [0.1, 0.15) is 6.17 Å². The first-order valence-corrected chi connectivity index (χ1v) is 9.41. The van der Waals surface area contributed by atoms with Gasteiger partial charge in [0.05, 0.1) is 15.6 Å². The van der Waals surface area contributed by atoms with Crippen molar-refractivity contribution >= 4 is 40.5 Å². The summed E-state index contributed by atoms with van der Waals surface area (Å²) in [6, 6.07) is 18.2. The van der Waals surface area contributed by atoms with Crippen LogP contribution in [0.15, 0.2) is 60.7 Å². The van der Waals surface area contributed by atoms with E-state index >= 15 is 0 Å². The van der Waals surface area contributed by atoms with Gasteiger partial charge in [-0.15, -0.1) is 0 Å². The molecule has 0 aromatic heterocycles. The molecule has 1 amide bonds. The molecule has 140 valence electrons. The fourth-order valence-corrected chi connectivity index (χ4v) is 3.76. The van der Waals surface area contributed by atoms with E-state index in [4.69, 9.17) is 32.7 Å². The molecule has 5 nitrogen and oxygen atoms in total. The zero-order chi connectivity index (χ0) is 19.3. The molecule has 0 fully saturated rings. The van der Waals surface area contributed by atoms with Crippen molar-refractivity contribution in [2.24, 2.45) is 0 Å². The lowest BCUT2D eigenvalue weighted by Gasteiger charge is -2.38. The number of rotatable bonds is 2. The van der Waals surface area contributed by atoms with Gasteiger partial charge in [-0.1, -0.05) is 41.4 Å². The van der Waals surface area contributed by atoms with E-state index in [2.05, 4.69) is 5.32 Å². The molecule has 0 saturated heterocycles. The molecule has 1 N–H and O–H groups in total. The van der Waals surface area contributed by atoms with Crippen LogP contribution in [-0.4, -0.2) is 12.7 Å². The van der Waals surface area contributed by atoms with E-state index in [1.54, 1.807) is 29.2 Å². The van der Waals surface area contributed by atoms with Crippen LogP contribution in [0.2, 0.25) is 10.0 Å². The van der Waals surface area contributed by atoms with E-state index < -0.39 is 6.17 Å². The summed E-state index contributed by atoms with van der Waals surface area (Å²) in [5.74, 6) is 1.21. The van der Waals surface area contributed by atoms with Crippen LogP contribution >= 0.6 is 23.2 Å². The number of halogens is 2. The van der Waals surface area contributed by atoms with Gasteiger partial charge in [-0.2, -0.15) is 0 Å². The lowest BCUT2D eigenvalue weighted by Crippen LogP contribution is -2.43. The van der Waals surface area contributed by atoms with Gasteiger partial charge in [-0.3, -0.25) is 9.69 Å². The van der Waals surface area contributed by atoms with Crippen LogP contribution in [0.5, 0.6) is 11.5 Å². The lowest BCUT2D eigenvalue weighted by atomic mass is 10.0. The lowest BCUT2D eigenvalue weighted by molar-refractivity contribution is 0.0975. The molecule has 2 aliphatic rings. The Bertz CT molecular complexity index is 1100. The summed E-state index contributed by atoms with van der Waals surface area (Å²) >= 11 is 12.3. The van der Waals surface area contributed by atoms with E-state index in [0.29, 0.717) is 32.8 Å². The van der Waals surface area contributed by atoms with Crippen molar-refractivity contribution in [2.75, 3.05) is 17.0 Å². The Morgan fingerprint density at radius 2 is 1.75 bits per heavy atom. The van der Waals surface area contributed by atoms with Gasteiger partial charge in [-0.25, -0.2) is 0 Å². The molecule has 0 aliphatic carbocycles. The minimum absolute atomic E-state index is 0.129. The Kier molecular flexibility index (Phi) is 4.07. The minimum Gasteiger partial charge on any atom is -0.454 e. The van der Waals surface area contributed by atoms with Crippen LogP contribution < -0.4 is 19.7 Å². The third-order valence-corrected chi connectivity index (χ3v) is 5.56. The zero-order valence-electron chi connectivity index (χ0n) is 14.5. The monoisotopic (exact) mass is 412 g/mol. The van der Waals surface area contributed by atoms with Crippen LogP contribution in [0.3, 0.4) is 0 Å². The fraction of sp³-hybridized carbons (Fsp3) is 0.0952. The van der Waals surface area contributed by atoms with Crippen molar-refractivity contribution < 1.29 is 14.3 Å². The SMILES string of the molecule is O=C1c2ccccc2N[C@@H](c2ccc3c(c2)OCO3)N1c1ccc(Cl)c(Cl)c1. The molecular weight excluding hydrogens is 399 g/mol. The topological polar surface area (TPSA) is 50.8 Å². The molecule has 5 rings (SSSR count). The number of nitrogens with one attached hydrogen (secondary N) is 1. The molecule has 3 aromatic rings. The number of amides is 1. The smallest absolute Gasteiger partial charge is 0.262 e. The van der Waals surface area contributed by atoms with Crippen molar-refractivity contribution in [2.45, 2.75) is 6.17 Å². The second-order valence-corrected chi connectivity index (χ2v) is 7.29. The molecule has 1 atom stereocenters. The van der Waals surface area contributed by atoms with Gasteiger partial charge >= 0.3 is 0 Å². The average Bonchev–Trinajstić information content (AvgIpc) is 3.18. The largest absolute Gasteiger partial charge is 0.454 e. The maximum absolute atomic E-state index is 13.4. The summed E-state index contributed by atoms with van der Waals surface area (Å²) in [4.78, 5) is 15.1. The highest BCUT2D eigenvalue weighted by molar-refractivity contribution is 6.42. The summed E-state index contributed by atoms with van der Waals surface area (Å²) in [5.41, 5.74) is 2.86. The Labute approximate surface area is 171 Å². The molecule has 2 aliphatic heterocycles. The van der Waals surface area contributed by atoms with Gasteiger partial charge in [0.25, 0.3) is 5.91 Å². The fourth-order valence-electron chi connectivity index (χ4n) is 3.47. The molecule has 0 bridgehead atoms. The third kappa shape index (κ3) is 2.75. The van der Waals surface area contributed by atoms with Crippen molar-refractivity contribution in [3.8, 4) is 11.5 Å². The molecule has 0 saturated carbocycles. The standard InChI is InChI=1S/C21H14Cl2N2O3/c22-15-7-6-13(10-16(15)23)25-20(12-5-8-18-19(9-12)28-11-27-18)24-17-4-2-1-3-14(17)21(25)26/h1-10,20,24H,11H2/t20-/m1/s1. The van der Waals surface area contributed by atoms with Crippen molar-refractivity contribution in [3.63, 3.8) is 0 Å². The van der Waals surface area contributed by atoms with E-state index in [-0.39, 0.29) is 12.7 Å². The minimum atomic E-state index is -0.450. The molecular formula is C21H14Cl2N2O3. The maximum Gasteiger partial charge on any atom is 0.262 e. The number of nitrogens with zero attached hydrogens (tertiary/aromatic N) is 1. The normalized spacial score (nSPS) is 17.3. The molecule has 7 heteroatoms. The van der Waals surface area contributed by atoms with Gasteiger partial charge < -0.3 is 14.8 Å². The van der Waals surface area contributed by atoms with Gasteiger partial charge in [-0.05, 0) is 48.0 Å². The van der Waals surface area contributed by atoms with E-state index in [1.165, 1.54) is 0 Å². The van der Waals surface area contributed by atoms with Crippen molar-refractivity contribution in [3.05, 3.63) is 81.8 Å². The number of anilines is 2. The third-order valence-electron chi connectivity index (χ3n) is 4.82. The van der Waals surface area contributed by atoms with Crippen LogP contribution in [0, 0.1) is 0 Å². The highest BCUT2D eigenvalue weighted by atomic mass is 35.5. The molecule has 0 spiro atoms. The van der Waals surface area contributed by atoms with Crippen LogP contribution in [0.4, 0.5) is 11.4 Å². The molecule has 0 radical (unpaired) electrons. The zero-order valence-corrected chi connectivity index (χ0v) is 16.0. The van der Waals surface area contributed by atoms with Gasteiger partial charge in [0, 0.05) is 11.4 Å². The van der Waals surface area contributed by atoms with Gasteiger partial charge in [0.2, 0.25) is 6.79 Å². The summed E-state index contributed by atoms with van der Waals surface area (Å²) in [6.07, 6.45) is -0.450. The number of ether oxygens (including phenoxy) is 2. The second-order valence-electron chi connectivity index (χ2n) is 6.48. The Hall–Kier alpha value is -2.89. The molecule has 28 heavy (non-hydrogen) atoms. The first kappa shape index (κ1) is 17.2. The molecule has 3 aromatic carbocycles. The summed E-state index contributed by atoms with van der Waals surface area (Å²) < 4.78 is 10.9. The first-order valence-electron chi connectivity index (χ1n) is 8.65. The maximum atomic E-state index is 13.4. The Balaban J connectivity index is 1.65. The number of fused-ring (bicyclic) bond motifs is 2. The van der Waals surface area contributed by atoms with Crippen molar-refractivity contribution in [1.29, 1.82) is 0 Å². The average molecular weight is 413 g/mol. The Morgan fingerprint density at radius 3 is 2.61 bits per heavy atom. The summed E-state index contributed by atoms with van der Waals surface area (Å²) in [6.45, 7) is 0.190. The first-order chi connectivity index (χ1) is 13.6. The van der Waals surface area contributed by atoms with Crippen LogP contribution in [-0.2, 0) is 0 Å². The highest BCUT2D eigenvalue weighted by Crippen LogP contribution is 2.41. The van der Waals surface area contributed by atoms with Gasteiger partial charge in [0.15, 0.2) is 11.5 Å². The summed E-state index contributed by atoms with van der Waals surface area (Å²) in [7, 11) is 0. The number of hydrogen-bond donors (Lipinski definition) is 1. The van der Waals surface area contributed by atoms with Crippen LogP contribution in [0.1, 0.15) is 22.1 Å². The predicted octanol–water partition coefficient (Wildman–Crippen LogP) is 5.49. The number of hydrogen-bond acceptors (Lipinski definition) is 4. The quantitative estimate of drug-likeness (QED) is 0.604.